The van der Waals surface area contributed by atoms with Gasteiger partial charge in [-0.25, -0.2) is 0 Å². The fourth-order valence-electron chi connectivity index (χ4n) is 2.68. The molecule has 5 nitrogen and oxygen atoms in total. The molecule has 0 saturated carbocycles. The number of carbonyl (C=O) groups is 2. The number of amides is 2. The van der Waals surface area contributed by atoms with Crippen LogP contribution in [0.2, 0.25) is 5.02 Å². The average molecular weight is 360 g/mol. The Morgan fingerprint density at radius 3 is 2.78 bits per heavy atom. The quantitative estimate of drug-likeness (QED) is 0.773. The normalized spacial score (nSPS) is 20.3. The summed E-state index contributed by atoms with van der Waals surface area (Å²) in [7, 11) is 0. The molecule has 2 atom stereocenters. The topological polar surface area (TPSA) is 70.2 Å². The van der Waals surface area contributed by atoms with E-state index in [9.17, 15) is 9.59 Å². The van der Waals surface area contributed by atoms with E-state index >= 15 is 0 Å². The van der Waals surface area contributed by atoms with Gasteiger partial charge in [0.05, 0.1) is 11.3 Å². The average Bonchev–Trinajstić information content (AvgIpc) is 2.47. The van der Waals surface area contributed by atoms with E-state index in [1.54, 1.807) is 18.2 Å². The van der Waals surface area contributed by atoms with Gasteiger partial charge in [0.15, 0.2) is 0 Å². The molecule has 2 amide bonds. The van der Waals surface area contributed by atoms with Crippen LogP contribution >= 0.6 is 24.0 Å². The van der Waals surface area contributed by atoms with E-state index in [4.69, 9.17) is 11.6 Å². The van der Waals surface area contributed by atoms with Crippen LogP contribution in [-0.2, 0) is 4.79 Å². The summed E-state index contributed by atoms with van der Waals surface area (Å²) in [6.07, 6.45) is 1.59. The molecule has 1 aliphatic rings. The fourth-order valence-corrected chi connectivity index (χ4v) is 2.85. The number of hydrogen-bond donors (Lipinski definition) is 3. The third kappa shape index (κ3) is 5.37. The van der Waals surface area contributed by atoms with E-state index in [2.05, 4.69) is 22.9 Å². The predicted molar refractivity (Wildman–Crippen MR) is 95.5 cm³/mol. The van der Waals surface area contributed by atoms with Gasteiger partial charge in [-0.15, -0.1) is 12.4 Å². The highest BCUT2D eigenvalue weighted by Crippen LogP contribution is 2.24. The van der Waals surface area contributed by atoms with E-state index in [1.165, 1.54) is 0 Å². The number of piperidine rings is 1. The minimum Gasteiger partial charge on any atom is -0.352 e. The maximum atomic E-state index is 12.4. The molecule has 0 bridgehead atoms. The Hall–Kier alpha value is -1.30. The van der Waals surface area contributed by atoms with E-state index in [1.807, 2.05) is 6.92 Å². The van der Waals surface area contributed by atoms with Crippen LogP contribution in [0.1, 0.15) is 37.0 Å². The number of benzene rings is 1. The molecule has 1 aliphatic heterocycles. The summed E-state index contributed by atoms with van der Waals surface area (Å²) in [6, 6.07) is 5.23. The lowest BCUT2D eigenvalue weighted by molar-refractivity contribution is -0.120. The molecule has 1 fully saturated rings. The van der Waals surface area contributed by atoms with Gasteiger partial charge in [0.25, 0.3) is 5.91 Å². The number of carbonyl (C=O) groups excluding carboxylic acids is 2. The Labute approximate surface area is 148 Å². The second-order valence-electron chi connectivity index (χ2n) is 5.62. The van der Waals surface area contributed by atoms with Gasteiger partial charge in [0, 0.05) is 23.5 Å². The van der Waals surface area contributed by atoms with Crippen molar-refractivity contribution in [2.24, 2.45) is 5.92 Å². The van der Waals surface area contributed by atoms with E-state index < -0.39 is 0 Å². The summed E-state index contributed by atoms with van der Waals surface area (Å²) in [5, 5.41) is 9.42. The Morgan fingerprint density at radius 2 is 2.13 bits per heavy atom. The fraction of sp³-hybridized carbons (Fsp3) is 0.500. The van der Waals surface area contributed by atoms with Crippen LogP contribution in [0.15, 0.2) is 18.2 Å². The zero-order valence-electron chi connectivity index (χ0n) is 13.3. The number of halogens is 2. The van der Waals surface area contributed by atoms with Crippen LogP contribution in [0.4, 0.5) is 5.69 Å². The standard InChI is InChI=1S/C16H22ClN3O2.ClH/c1-3-18-16(22)13-5-4-12(17)9-14(13)20-15(21)11-6-7-19-10(2)8-11;/h4-5,9-11,19H,3,6-8H2,1-2H3,(H,18,22)(H,20,21);1H/t10-,11-;/m0./s1. The highest BCUT2D eigenvalue weighted by atomic mass is 35.5. The first-order valence-corrected chi connectivity index (χ1v) is 8.01. The van der Waals surface area contributed by atoms with Crippen molar-refractivity contribution in [3.63, 3.8) is 0 Å². The molecule has 1 saturated heterocycles. The molecule has 128 valence electrons. The lowest BCUT2D eigenvalue weighted by Crippen LogP contribution is -2.40. The van der Waals surface area contributed by atoms with Crippen molar-refractivity contribution >= 4 is 41.5 Å². The monoisotopic (exact) mass is 359 g/mol. The van der Waals surface area contributed by atoms with Crippen LogP contribution in [0.3, 0.4) is 0 Å². The number of hydrogen-bond acceptors (Lipinski definition) is 3. The molecule has 0 radical (unpaired) electrons. The summed E-state index contributed by atoms with van der Waals surface area (Å²) in [5.74, 6) is -0.313. The highest BCUT2D eigenvalue weighted by molar-refractivity contribution is 6.31. The van der Waals surface area contributed by atoms with Gasteiger partial charge in [-0.05, 0) is 51.4 Å². The van der Waals surface area contributed by atoms with Crippen LogP contribution in [0.5, 0.6) is 0 Å². The third-order valence-corrected chi connectivity index (χ3v) is 4.05. The van der Waals surface area contributed by atoms with Crippen molar-refractivity contribution in [2.45, 2.75) is 32.7 Å². The summed E-state index contributed by atoms with van der Waals surface area (Å²) >= 11 is 6.00. The molecule has 7 heteroatoms. The van der Waals surface area contributed by atoms with Gasteiger partial charge >= 0.3 is 0 Å². The molecular formula is C16H23Cl2N3O2. The SMILES string of the molecule is CCNC(=O)c1ccc(Cl)cc1NC(=O)[C@H]1CCN[C@@H](C)C1.Cl. The lowest BCUT2D eigenvalue weighted by Gasteiger charge is -2.27. The van der Waals surface area contributed by atoms with Crippen LogP contribution in [0, 0.1) is 5.92 Å². The maximum absolute atomic E-state index is 12.4. The first kappa shape index (κ1) is 19.7. The Balaban J connectivity index is 0.00000264. The largest absolute Gasteiger partial charge is 0.352 e. The van der Waals surface area contributed by atoms with Gasteiger partial charge in [-0.1, -0.05) is 11.6 Å². The van der Waals surface area contributed by atoms with Crippen molar-refractivity contribution < 1.29 is 9.59 Å². The lowest BCUT2D eigenvalue weighted by atomic mass is 9.92. The molecule has 0 unspecified atom stereocenters. The van der Waals surface area contributed by atoms with Crippen molar-refractivity contribution in [3.8, 4) is 0 Å². The first-order chi connectivity index (χ1) is 10.5. The van der Waals surface area contributed by atoms with Crippen molar-refractivity contribution in [1.29, 1.82) is 0 Å². The first-order valence-electron chi connectivity index (χ1n) is 7.63. The highest BCUT2D eigenvalue weighted by Gasteiger charge is 2.25. The Bertz CT molecular complexity index is 566. The maximum Gasteiger partial charge on any atom is 0.253 e. The van der Waals surface area contributed by atoms with Crippen LogP contribution in [0.25, 0.3) is 0 Å². The summed E-state index contributed by atoms with van der Waals surface area (Å²) < 4.78 is 0. The second kappa shape index (κ2) is 9.11. The predicted octanol–water partition coefficient (Wildman–Crippen LogP) is 2.84. The minimum atomic E-state index is -0.215. The van der Waals surface area contributed by atoms with Crippen molar-refractivity contribution in [2.75, 3.05) is 18.4 Å². The summed E-state index contributed by atoms with van der Waals surface area (Å²) in [6.45, 7) is 5.28. The van der Waals surface area contributed by atoms with Gasteiger partial charge in [0.1, 0.15) is 0 Å². The minimum absolute atomic E-state index is 0. The molecule has 0 spiro atoms. The molecule has 0 aliphatic carbocycles. The van der Waals surface area contributed by atoms with E-state index in [0.29, 0.717) is 28.9 Å². The number of rotatable bonds is 4. The van der Waals surface area contributed by atoms with Crippen LogP contribution in [-0.4, -0.2) is 30.9 Å². The van der Waals surface area contributed by atoms with E-state index in [0.717, 1.165) is 19.4 Å². The van der Waals surface area contributed by atoms with E-state index in [-0.39, 0.29) is 30.1 Å². The summed E-state index contributed by atoms with van der Waals surface area (Å²) in [4.78, 5) is 24.5. The molecular weight excluding hydrogens is 337 g/mol. The Kier molecular flexibility index (Phi) is 7.82. The third-order valence-electron chi connectivity index (χ3n) is 3.82. The molecule has 1 heterocycles. The van der Waals surface area contributed by atoms with Gasteiger partial charge in [-0.3, -0.25) is 9.59 Å². The number of nitrogens with one attached hydrogen (secondary N) is 3. The molecule has 2 rings (SSSR count). The molecule has 1 aromatic rings. The smallest absolute Gasteiger partial charge is 0.253 e. The summed E-state index contributed by atoms with van der Waals surface area (Å²) in [5.41, 5.74) is 0.899. The molecule has 23 heavy (non-hydrogen) atoms. The number of anilines is 1. The van der Waals surface area contributed by atoms with Crippen LogP contribution < -0.4 is 16.0 Å². The molecule has 3 N–H and O–H groups in total. The Morgan fingerprint density at radius 1 is 1.39 bits per heavy atom. The molecule has 0 aromatic heterocycles. The second-order valence-corrected chi connectivity index (χ2v) is 6.05. The van der Waals surface area contributed by atoms with Gasteiger partial charge < -0.3 is 16.0 Å². The zero-order valence-corrected chi connectivity index (χ0v) is 14.9. The van der Waals surface area contributed by atoms with Crippen molar-refractivity contribution in [3.05, 3.63) is 28.8 Å². The molecule has 1 aromatic carbocycles. The van der Waals surface area contributed by atoms with Gasteiger partial charge in [-0.2, -0.15) is 0 Å². The zero-order chi connectivity index (χ0) is 16.1. The van der Waals surface area contributed by atoms with Gasteiger partial charge in [0.2, 0.25) is 5.91 Å². The van der Waals surface area contributed by atoms with Crippen molar-refractivity contribution in [1.82, 2.24) is 10.6 Å².